The van der Waals surface area contributed by atoms with Crippen LogP contribution in [0.15, 0.2) is 40.9 Å². The van der Waals surface area contributed by atoms with Gasteiger partial charge in [-0.3, -0.25) is 9.69 Å². The van der Waals surface area contributed by atoms with Crippen LogP contribution in [0.1, 0.15) is 29.9 Å². The third kappa shape index (κ3) is 5.43. The molecular formula is C20H24N6OS2. The third-order valence-corrected chi connectivity index (χ3v) is 6.58. The Hall–Kier alpha value is -2.23. The normalized spacial score (nSPS) is 14.4. The molecule has 0 atom stereocenters. The molecule has 9 heteroatoms. The molecule has 4 rings (SSSR count). The van der Waals surface area contributed by atoms with Crippen molar-refractivity contribution in [1.82, 2.24) is 24.6 Å². The fourth-order valence-corrected chi connectivity index (χ4v) is 4.77. The van der Waals surface area contributed by atoms with Gasteiger partial charge in [-0.25, -0.2) is 4.98 Å². The fourth-order valence-electron chi connectivity index (χ4n) is 3.31. The molecule has 0 radical (unpaired) electrons. The molecular weight excluding hydrogens is 404 g/mol. The topological polar surface area (TPSA) is 75.9 Å². The highest BCUT2D eigenvalue weighted by Crippen LogP contribution is 2.22. The Bertz CT molecular complexity index is 949. The molecule has 7 nitrogen and oxygen atoms in total. The molecule has 1 aliphatic heterocycles. The largest absolute Gasteiger partial charge is 0.301 e. The SMILES string of the molecule is Cc1csc(NC(=O)CSc2nnc(CN3CCCC3)n2Cc2ccccc2)n1. The van der Waals surface area contributed by atoms with Crippen molar-refractivity contribution in [1.29, 1.82) is 0 Å². The smallest absolute Gasteiger partial charge is 0.236 e. The molecule has 0 saturated carbocycles. The summed E-state index contributed by atoms with van der Waals surface area (Å²) in [7, 11) is 0. The number of thiazole rings is 1. The monoisotopic (exact) mass is 428 g/mol. The van der Waals surface area contributed by atoms with Crippen LogP contribution in [0.4, 0.5) is 5.13 Å². The number of aromatic nitrogens is 4. The molecule has 1 N–H and O–H groups in total. The number of amides is 1. The lowest BCUT2D eigenvalue weighted by Crippen LogP contribution is -2.22. The van der Waals surface area contributed by atoms with Crippen molar-refractivity contribution in [2.45, 2.75) is 38.0 Å². The maximum Gasteiger partial charge on any atom is 0.236 e. The minimum absolute atomic E-state index is 0.0836. The molecule has 29 heavy (non-hydrogen) atoms. The Morgan fingerprint density at radius 2 is 1.97 bits per heavy atom. The number of hydrogen-bond donors (Lipinski definition) is 1. The lowest BCUT2D eigenvalue weighted by atomic mass is 10.2. The average Bonchev–Trinajstić information content (AvgIpc) is 3.45. The second kappa shape index (κ2) is 9.51. The van der Waals surface area contributed by atoms with E-state index in [1.165, 1.54) is 41.5 Å². The zero-order valence-electron chi connectivity index (χ0n) is 16.4. The number of carbonyl (C=O) groups is 1. The van der Waals surface area contributed by atoms with Gasteiger partial charge in [-0.1, -0.05) is 42.1 Å². The van der Waals surface area contributed by atoms with Crippen molar-refractivity contribution in [3.8, 4) is 0 Å². The van der Waals surface area contributed by atoms with Gasteiger partial charge in [0.25, 0.3) is 0 Å². The highest BCUT2D eigenvalue weighted by Gasteiger charge is 2.19. The summed E-state index contributed by atoms with van der Waals surface area (Å²) in [6.07, 6.45) is 2.48. The van der Waals surface area contributed by atoms with E-state index in [2.05, 4.69) is 42.1 Å². The summed E-state index contributed by atoms with van der Waals surface area (Å²) in [5.41, 5.74) is 2.10. The summed E-state index contributed by atoms with van der Waals surface area (Å²) in [6.45, 7) is 5.62. The lowest BCUT2D eigenvalue weighted by Gasteiger charge is -2.16. The minimum Gasteiger partial charge on any atom is -0.301 e. The standard InChI is InChI=1S/C20H24N6OS2/c1-15-13-28-19(21-15)22-18(27)14-29-20-24-23-17(12-25-9-5-6-10-25)26(20)11-16-7-3-2-4-8-16/h2-4,7-8,13H,5-6,9-12,14H2,1H3,(H,21,22,27). The number of likely N-dealkylation sites (tertiary alicyclic amines) is 1. The fraction of sp³-hybridized carbons (Fsp3) is 0.400. The summed E-state index contributed by atoms with van der Waals surface area (Å²) in [6, 6.07) is 10.3. The Morgan fingerprint density at radius 1 is 1.17 bits per heavy atom. The van der Waals surface area contributed by atoms with Crippen molar-refractivity contribution < 1.29 is 4.79 Å². The summed E-state index contributed by atoms with van der Waals surface area (Å²) in [4.78, 5) is 19.0. The van der Waals surface area contributed by atoms with Crippen molar-refractivity contribution >= 4 is 34.1 Å². The molecule has 1 aromatic carbocycles. The van der Waals surface area contributed by atoms with Gasteiger partial charge in [-0.15, -0.1) is 21.5 Å². The number of thioether (sulfide) groups is 1. The van der Waals surface area contributed by atoms with E-state index < -0.39 is 0 Å². The number of nitrogens with zero attached hydrogens (tertiary/aromatic N) is 5. The predicted octanol–water partition coefficient (Wildman–Crippen LogP) is 3.42. The second-order valence-electron chi connectivity index (χ2n) is 7.08. The van der Waals surface area contributed by atoms with Gasteiger partial charge in [0.05, 0.1) is 24.5 Å². The van der Waals surface area contributed by atoms with E-state index in [9.17, 15) is 4.79 Å². The minimum atomic E-state index is -0.0836. The van der Waals surface area contributed by atoms with Crippen LogP contribution in [-0.2, 0) is 17.9 Å². The molecule has 0 spiro atoms. The quantitative estimate of drug-likeness (QED) is 0.554. The maximum atomic E-state index is 12.3. The van der Waals surface area contributed by atoms with Gasteiger partial charge in [0, 0.05) is 5.38 Å². The molecule has 152 valence electrons. The summed E-state index contributed by atoms with van der Waals surface area (Å²) in [5, 5.41) is 15.0. The van der Waals surface area contributed by atoms with Crippen molar-refractivity contribution in [2.75, 3.05) is 24.2 Å². The number of benzene rings is 1. The molecule has 3 aromatic rings. The first-order valence-electron chi connectivity index (χ1n) is 9.70. The number of aryl methyl sites for hydroxylation is 1. The van der Waals surface area contributed by atoms with E-state index >= 15 is 0 Å². The highest BCUT2D eigenvalue weighted by atomic mass is 32.2. The summed E-state index contributed by atoms with van der Waals surface area (Å²) in [5.74, 6) is 1.14. The summed E-state index contributed by atoms with van der Waals surface area (Å²) < 4.78 is 2.14. The van der Waals surface area contributed by atoms with Crippen LogP contribution >= 0.6 is 23.1 Å². The van der Waals surface area contributed by atoms with E-state index in [1.54, 1.807) is 0 Å². The first-order valence-corrected chi connectivity index (χ1v) is 11.6. The highest BCUT2D eigenvalue weighted by molar-refractivity contribution is 7.99. The van der Waals surface area contributed by atoms with Crippen molar-refractivity contribution in [3.05, 3.63) is 52.8 Å². The first-order chi connectivity index (χ1) is 14.2. The molecule has 0 aliphatic carbocycles. The Labute approximate surface area is 178 Å². The molecule has 1 fully saturated rings. The van der Waals surface area contributed by atoms with Crippen LogP contribution < -0.4 is 5.32 Å². The summed E-state index contributed by atoms with van der Waals surface area (Å²) >= 11 is 2.85. The lowest BCUT2D eigenvalue weighted by molar-refractivity contribution is -0.113. The van der Waals surface area contributed by atoms with Gasteiger partial charge in [-0.05, 0) is 38.4 Å². The zero-order chi connectivity index (χ0) is 20.1. The Morgan fingerprint density at radius 3 is 2.69 bits per heavy atom. The van der Waals surface area contributed by atoms with Crippen molar-refractivity contribution in [3.63, 3.8) is 0 Å². The molecule has 1 aliphatic rings. The van der Waals surface area contributed by atoms with Gasteiger partial charge in [0.2, 0.25) is 5.91 Å². The average molecular weight is 429 g/mol. The number of hydrogen-bond acceptors (Lipinski definition) is 7. The molecule has 1 saturated heterocycles. The predicted molar refractivity (Wildman–Crippen MR) is 116 cm³/mol. The van der Waals surface area contributed by atoms with E-state index in [0.29, 0.717) is 11.7 Å². The number of nitrogens with one attached hydrogen (secondary N) is 1. The second-order valence-corrected chi connectivity index (χ2v) is 8.89. The number of anilines is 1. The van der Waals surface area contributed by atoms with Crippen LogP contribution in [0.5, 0.6) is 0 Å². The van der Waals surface area contributed by atoms with Crippen LogP contribution in [0.25, 0.3) is 0 Å². The zero-order valence-corrected chi connectivity index (χ0v) is 18.0. The van der Waals surface area contributed by atoms with Gasteiger partial charge in [-0.2, -0.15) is 0 Å². The van der Waals surface area contributed by atoms with E-state index in [0.717, 1.165) is 36.3 Å². The molecule has 0 unspecified atom stereocenters. The van der Waals surface area contributed by atoms with Crippen LogP contribution in [-0.4, -0.2) is 49.4 Å². The van der Waals surface area contributed by atoms with E-state index in [-0.39, 0.29) is 11.7 Å². The number of carbonyl (C=O) groups excluding carboxylic acids is 1. The van der Waals surface area contributed by atoms with Crippen LogP contribution in [0, 0.1) is 6.92 Å². The van der Waals surface area contributed by atoms with E-state index in [1.807, 2.05) is 30.5 Å². The van der Waals surface area contributed by atoms with Crippen LogP contribution in [0.2, 0.25) is 0 Å². The van der Waals surface area contributed by atoms with E-state index in [4.69, 9.17) is 0 Å². The Balaban J connectivity index is 1.45. The van der Waals surface area contributed by atoms with Gasteiger partial charge < -0.3 is 9.88 Å². The number of rotatable bonds is 8. The first kappa shape index (κ1) is 20.1. The van der Waals surface area contributed by atoms with Crippen molar-refractivity contribution in [2.24, 2.45) is 0 Å². The maximum absolute atomic E-state index is 12.3. The third-order valence-electron chi connectivity index (χ3n) is 4.74. The van der Waals surface area contributed by atoms with Crippen LogP contribution in [0.3, 0.4) is 0 Å². The Kier molecular flexibility index (Phi) is 6.58. The molecule has 2 aromatic heterocycles. The molecule has 0 bridgehead atoms. The van der Waals surface area contributed by atoms with Gasteiger partial charge in [0.15, 0.2) is 10.3 Å². The molecule has 3 heterocycles. The molecule has 1 amide bonds. The van der Waals surface area contributed by atoms with Gasteiger partial charge in [0.1, 0.15) is 5.82 Å². The van der Waals surface area contributed by atoms with Gasteiger partial charge >= 0.3 is 0 Å².